The molecule has 1 fully saturated rings. The molecule has 0 atom stereocenters. The number of hydrogen-bond acceptors (Lipinski definition) is 4. The molecule has 1 aromatic rings. The largest absolute Gasteiger partial charge is 0.503 e. The van der Waals surface area contributed by atoms with Gasteiger partial charge in [-0.05, 0) is 33.8 Å². The summed E-state index contributed by atoms with van der Waals surface area (Å²) in [5, 5.41) is 11.1. The average Bonchev–Trinajstić information content (AvgIpc) is 2.60. The number of nitro groups is 1. The van der Waals surface area contributed by atoms with Crippen LogP contribution < -0.4 is 5.46 Å². The number of nitro benzene ring substituents is 1. The Kier molecular flexibility index (Phi) is 5.58. The molecule has 21 heavy (non-hydrogen) atoms. The second kappa shape index (κ2) is 6.46. The fourth-order valence-corrected chi connectivity index (χ4v) is 2.42. The Morgan fingerprint density at radius 2 is 1.62 bits per heavy atom. The number of nitrogens with zero attached hydrogens (tertiary/aromatic N) is 1. The minimum absolute atomic E-state index is 0.00660. The van der Waals surface area contributed by atoms with Gasteiger partial charge in [0, 0.05) is 10.5 Å². The molecular weight excluding hydrogens is 337 g/mol. The molecule has 0 unspecified atom stereocenters. The summed E-state index contributed by atoms with van der Waals surface area (Å²) in [6.07, 6.45) is 0. The van der Waals surface area contributed by atoms with E-state index < -0.39 is 23.2 Å². The van der Waals surface area contributed by atoms with Crippen LogP contribution in [0.1, 0.15) is 41.5 Å². The minimum atomic E-state index is -0.749. The van der Waals surface area contributed by atoms with E-state index in [1.807, 2.05) is 41.5 Å². The van der Waals surface area contributed by atoms with E-state index in [9.17, 15) is 10.1 Å². The quantitative estimate of drug-likeness (QED) is 0.460. The maximum Gasteiger partial charge on any atom is 0.503 e. The number of halogens is 1. The zero-order valence-electron chi connectivity index (χ0n) is 13.3. The smallest absolute Gasteiger partial charge is 0.399 e. The van der Waals surface area contributed by atoms with Gasteiger partial charge in [0.25, 0.3) is 5.69 Å². The van der Waals surface area contributed by atoms with Crippen LogP contribution in [0.4, 0.5) is 5.69 Å². The SMILES string of the molecule is CC.CC1(C)OB(c2c(Br)cccc2[N+](=O)[O-])OC1(C)C. The Balaban J connectivity index is 0.00000106. The third kappa shape index (κ3) is 3.47. The van der Waals surface area contributed by atoms with Crippen molar-refractivity contribution < 1.29 is 14.2 Å². The van der Waals surface area contributed by atoms with Gasteiger partial charge in [0.1, 0.15) is 0 Å². The highest BCUT2D eigenvalue weighted by Gasteiger charge is 2.53. The predicted molar refractivity (Wildman–Crippen MR) is 87.9 cm³/mol. The van der Waals surface area contributed by atoms with E-state index >= 15 is 0 Å². The Bertz CT molecular complexity index is 518. The number of hydrogen-bond donors (Lipinski definition) is 0. The highest BCUT2D eigenvalue weighted by Crippen LogP contribution is 2.37. The molecule has 5 nitrogen and oxygen atoms in total. The van der Waals surface area contributed by atoms with Gasteiger partial charge in [0.05, 0.1) is 21.6 Å². The van der Waals surface area contributed by atoms with E-state index in [2.05, 4.69) is 15.9 Å². The molecule has 1 saturated heterocycles. The fourth-order valence-electron chi connectivity index (χ4n) is 1.88. The van der Waals surface area contributed by atoms with Crippen molar-refractivity contribution in [1.82, 2.24) is 0 Å². The first kappa shape index (κ1) is 18.1. The summed E-state index contributed by atoms with van der Waals surface area (Å²) < 4.78 is 12.3. The summed E-state index contributed by atoms with van der Waals surface area (Å²) in [4.78, 5) is 10.7. The van der Waals surface area contributed by atoms with Crippen LogP contribution in [0.2, 0.25) is 0 Å². The van der Waals surface area contributed by atoms with Crippen molar-refractivity contribution >= 4 is 34.2 Å². The molecule has 0 amide bonds. The Morgan fingerprint density at radius 1 is 1.14 bits per heavy atom. The van der Waals surface area contributed by atoms with Crippen LogP contribution in [-0.4, -0.2) is 23.2 Å². The lowest BCUT2D eigenvalue weighted by Gasteiger charge is -2.32. The molecule has 1 aromatic carbocycles. The van der Waals surface area contributed by atoms with Crippen molar-refractivity contribution in [2.45, 2.75) is 52.7 Å². The second-order valence-corrected chi connectivity index (χ2v) is 6.37. The minimum Gasteiger partial charge on any atom is -0.399 e. The predicted octanol–water partition coefficient (Wildman–Crippen LogP) is 3.68. The van der Waals surface area contributed by atoms with Gasteiger partial charge in [-0.2, -0.15) is 0 Å². The molecule has 2 rings (SSSR count). The van der Waals surface area contributed by atoms with Crippen LogP contribution in [0, 0.1) is 10.1 Å². The maximum absolute atomic E-state index is 11.1. The third-order valence-electron chi connectivity index (χ3n) is 3.72. The van der Waals surface area contributed by atoms with Gasteiger partial charge >= 0.3 is 7.12 Å². The van der Waals surface area contributed by atoms with Crippen molar-refractivity contribution in [3.8, 4) is 0 Å². The first-order chi connectivity index (χ1) is 9.66. The third-order valence-corrected chi connectivity index (χ3v) is 4.41. The molecule has 0 N–H and O–H groups in total. The van der Waals surface area contributed by atoms with Crippen LogP contribution in [0.5, 0.6) is 0 Å². The summed E-state index contributed by atoms with van der Waals surface area (Å²) in [7, 11) is -0.749. The van der Waals surface area contributed by atoms with Gasteiger partial charge in [-0.15, -0.1) is 0 Å². The molecule has 0 aliphatic carbocycles. The van der Waals surface area contributed by atoms with Crippen molar-refractivity contribution in [3.63, 3.8) is 0 Å². The highest BCUT2D eigenvalue weighted by molar-refractivity contribution is 9.10. The van der Waals surface area contributed by atoms with Gasteiger partial charge in [-0.3, -0.25) is 10.1 Å². The molecule has 1 aliphatic rings. The van der Waals surface area contributed by atoms with Gasteiger partial charge < -0.3 is 9.31 Å². The van der Waals surface area contributed by atoms with Gasteiger partial charge in [0.15, 0.2) is 0 Å². The first-order valence-electron chi connectivity index (χ1n) is 6.94. The van der Waals surface area contributed by atoms with E-state index in [0.29, 0.717) is 9.94 Å². The molecule has 0 bridgehead atoms. The van der Waals surface area contributed by atoms with E-state index in [1.54, 1.807) is 12.1 Å². The van der Waals surface area contributed by atoms with Gasteiger partial charge in [-0.25, -0.2) is 0 Å². The summed E-state index contributed by atoms with van der Waals surface area (Å²) in [5.74, 6) is 0. The molecule has 116 valence electrons. The van der Waals surface area contributed by atoms with E-state index in [0.717, 1.165) is 0 Å². The summed E-state index contributed by atoms with van der Waals surface area (Å²) in [6.45, 7) is 11.6. The molecule has 0 spiro atoms. The molecule has 0 saturated carbocycles. The summed E-state index contributed by atoms with van der Waals surface area (Å²) in [5.41, 5.74) is -0.638. The molecule has 0 aromatic heterocycles. The highest BCUT2D eigenvalue weighted by atomic mass is 79.9. The van der Waals surface area contributed by atoms with Crippen LogP contribution in [0.15, 0.2) is 22.7 Å². The molecule has 0 radical (unpaired) electrons. The summed E-state index contributed by atoms with van der Waals surface area (Å²) >= 11 is 3.34. The normalized spacial score (nSPS) is 18.9. The lowest BCUT2D eigenvalue weighted by atomic mass is 9.78. The van der Waals surface area contributed by atoms with Crippen LogP contribution >= 0.6 is 15.9 Å². The monoisotopic (exact) mass is 357 g/mol. The van der Waals surface area contributed by atoms with Crippen LogP contribution in [0.3, 0.4) is 0 Å². The van der Waals surface area contributed by atoms with E-state index in [4.69, 9.17) is 9.31 Å². The fraction of sp³-hybridized carbons (Fsp3) is 0.571. The maximum atomic E-state index is 11.1. The zero-order valence-corrected chi connectivity index (χ0v) is 14.9. The topological polar surface area (TPSA) is 61.6 Å². The molecular formula is C14H21BBrNO4. The lowest BCUT2D eigenvalue weighted by Crippen LogP contribution is -2.41. The Labute approximate surface area is 134 Å². The Hall–Kier alpha value is -0.915. The number of rotatable bonds is 2. The van der Waals surface area contributed by atoms with Gasteiger partial charge in [-0.1, -0.05) is 35.8 Å². The molecule has 1 heterocycles. The van der Waals surface area contributed by atoms with E-state index in [1.165, 1.54) is 6.07 Å². The molecule has 7 heteroatoms. The van der Waals surface area contributed by atoms with Gasteiger partial charge in [0.2, 0.25) is 0 Å². The Morgan fingerprint density at radius 3 is 2.05 bits per heavy atom. The lowest BCUT2D eigenvalue weighted by molar-refractivity contribution is -0.383. The second-order valence-electron chi connectivity index (χ2n) is 5.52. The standard InChI is InChI=1S/C12H15BBrNO4.C2H6/c1-11(2)12(3,4)19-13(18-11)10-8(14)6-5-7-9(10)15(16)17;1-2/h5-7H,1-4H3;1-2H3. The van der Waals surface area contributed by atoms with Crippen molar-refractivity contribution in [3.05, 3.63) is 32.8 Å². The average molecular weight is 358 g/mol. The van der Waals surface area contributed by atoms with Crippen molar-refractivity contribution in [2.75, 3.05) is 0 Å². The number of benzene rings is 1. The van der Waals surface area contributed by atoms with Crippen molar-refractivity contribution in [1.29, 1.82) is 0 Å². The van der Waals surface area contributed by atoms with Crippen LogP contribution in [0.25, 0.3) is 0 Å². The molecule has 1 aliphatic heterocycles. The first-order valence-corrected chi connectivity index (χ1v) is 7.73. The zero-order chi connectivity index (χ0) is 16.4. The van der Waals surface area contributed by atoms with E-state index in [-0.39, 0.29) is 5.69 Å². The summed E-state index contributed by atoms with van der Waals surface area (Å²) in [6, 6.07) is 4.81. The van der Waals surface area contributed by atoms with Crippen molar-refractivity contribution in [2.24, 2.45) is 0 Å². The van der Waals surface area contributed by atoms with Crippen LogP contribution in [-0.2, 0) is 9.31 Å².